The van der Waals surface area contributed by atoms with Crippen LogP contribution in [0.15, 0.2) is 47.6 Å². The van der Waals surface area contributed by atoms with Gasteiger partial charge in [-0.1, -0.05) is 28.9 Å². The van der Waals surface area contributed by atoms with Gasteiger partial charge in [-0.15, -0.1) is 0 Å². The normalized spacial score (nSPS) is 11.0. The molecule has 0 aliphatic carbocycles. The van der Waals surface area contributed by atoms with Crippen molar-refractivity contribution in [2.24, 2.45) is 5.16 Å². The van der Waals surface area contributed by atoms with Crippen LogP contribution in [-0.2, 0) is 21.0 Å². The molecule has 7 heteroatoms. The Labute approximate surface area is 174 Å². The number of halogens is 1. The van der Waals surface area contributed by atoms with Crippen LogP contribution >= 0.6 is 11.6 Å². The zero-order valence-electron chi connectivity index (χ0n) is 16.4. The number of hydrogen-bond donors (Lipinski definition) is 0. The molecular weight excluding hydrogens is 392 g/mol. The highest BCUT2D eigenvalue weighted by molar-refractivity contribution is 6.30. The number of aryl methyl sites for hydroxylation is 2. The van der Waals surface area contributed by atoms with Gasteiger partial charge in [-0.3, -0.25) is 0 Å². The van der Waals surface area contributed by atoms with E-state index >= 15 is 0 Å². The van der Waals surface area contributed by atoms with Crippen LogP contribution in [0.4, 0.5) is 0 Å². The molecular formula is C22H21ClN2O4. The van der Waals surface area contributed by atoms with Crippen LogP contribution in [0.1, 0.15) is 22.3 Å². The third-order valence-corrected chi connectivity index (χ3v) is 4.83. The molecule has 29 heavy (non-hydrogen) atoms. The predicted molar refractivity (Wildman–Crippen MR) is 113 cm³/mol. The molecule has 0 bridgehead atoms. The average Bonchev–Trinajstić information content (AvgIpc) is 2.73. The summed E-state index contributed by atoms with van der Waals surface area (Å²) < 4.78 is 10.3. The molecule has 0 radical (unpaired) electrons. The van der Waals surface area contributed by atoms with Crippen LogP contribution in [0.3, 0.4) is 0 Å². The molecule has 0 fully saturated rings. The average molecular weight is 413 g/mol. The van der Waals surface area contributed by atoms with Gasteiger partial charge in [0.05, 0.1) is 18.8 Å². The smallest absolute Gasteiger partial charge is 0.347 e. The minimum atomic E-state index is -0.548. The lowest BCUT2D eigenvalue weighted by Crippen LogP contribution is -2.11. The number of pyridine rings is 1. The SMILES string of the molecule is COc1ccc(/C=N\OCC(=O)OCc2cc3ccc(C)c(C)c3nc2Cl)cc1. The number of oxime groups is 1. The number of methoxy groups -OCH3 is 1. The summed E-state index contributed by atoms with van der Waals surface area (Å²) in [5.74, 6) is 0.201. The van der Waals surface area contributed by atoms with Gasteiger partial charge in [-0.05, 0) is 60.9 Å². The largest absolute Gasteiger partial charge is 0.497 e. The Morgan fingerprint density at radius 1 is 1.17 bits per heavy atom. The summed E-state index contributed by atoms with van der Waals surface area (Å²) >= 11 is 6.26. The number of aromatic nitrogens is 1. The second-order valence-electron chi connectivity index (χ2n) is 6.46. The molecule has 0 saturated heterocycles. The van der Waals surface area contributed by atoms with E-state index in [1.807, 2.05) is 44.2 Å². The van der Waals surface area contributed by atoms with E-state index in [-0.39, 0.29) is 13.2 Å². The van der Waals surface area contributed by atoms with Gasteiger partial charge in [0, 0.05) is 10.9 Å². The van der Waals surface area contributed by atoms with Crippen molar-refractivity contribution in [3.63, 3.8) is 0 Å². The first-order valence-electron chi connectivity index (χ1n) is 8.98. The maximum Gasteiger partial charge on any atom is 0.347 e. The van der Waals surface area contributed by atoms with E-state index in [9.17, 15) is 4.79 Å². The summed E-state index contributed by atoms with van der Waals surface area (Å²) in [6.45, 7) is 3.74. The van der Waals surface area contributed by atoms with Gasteiger partial charge in [0.1, 0.15) is 17.5 Å². The quantitative estimate of drug-likeness (QED) is 0.245. The first-order valence-corrected chi connectivity index (χ1v) is 9.36. The fourth-order valence-electron chi connectivity index (χ4n) is 2.68. The van der Waals surface area contributed by atoms with Crippen LogP contribution < -0.4 is 4.74 Å². The second kappa shape index (κ2) is 9.39. The molecule has 6 nitrogen and oxygen atoms in total. The Morgan fingerprint density at radius 3 is 2.66 bits per heavy atom. The van der Waals surface area contributed by atoms with E-state index in [1.54, 1.807) is 19.2 Å². The van der Waals surface area contributed by atoms with E-state index in [4.69, 9.17) is 25.9 Å². The number of esters is 1. The highest BCUT2D eigenvalue weighted by Crippen LogP contribution is 2.25. The first kappa shape index (κ1) is 20.6. The van der Waals surface area contributed by atoms with Gasteiger partial charge < -0.3 is 14.3 Å². The van der Waals surface area contributed by atoms with E-state index in [0.29, 0.717) is 10.7 Å². The van der Waals surface area contributed by atoms with Crippen LogP contribution in [0.5, 0.6) is 5.75 Å². The monoisotopic (exact) mass is 412 g/mol. The molecule has 150 valence electrons. The van der Waals surface area contributed by atoms with E-state index < -0.39 is 5.97 Å². The van der Waals surface area contributed by atoms with Gasteiger partial charge in [0.25, 0.3) is 0 Å². The Bertz CT molecular complexity index is 1050. The third-order valence-electron chi connectivity index (χ3n) is 4.50. The number of carbonyl (C=O) groups is 1. The predicted octanol–water partition coefficient (Wildman–Crippen LogP) is 4.61. The van der Waals surface area contributed by atoms with Gasteiger partial charge >= 0.3 is 5.97 Å². The maximum absolute atomic E-state index is 11.9. The Balaban J connectivity index is 1.53. The number of carbonyl (C=O) groups excluding carboxylic acids is 1. The number of nitrogens with zero attached hydrogens (tertiary/aromatic N) is 2. The number of ether oxygens (including phenoxy) is 2. The van der Waals surface area contributed by atoms with Crippen LogP contribution in [-0.4, -0.2) is 30.9 Å². The van der Waals surface area contributed by atoms with Gasteiger partial charge in [0.2, 0.25) is 6.61 Å². The molecule has 0 N–H and O–H groups in total. The lowest BCUT2D eigenvalue weighted by molar-refractivity contribution is -0.150. The first-order chi connectivity index (χ1) is 14.0. The minimum Gasteiger partial charge on any atom is -0.497 e. The summed E-state index contributed by atoms with van der Waals surface area (Å²) in [7, 11) is 1.60. The summed E-state index contributed by atoms with van der Waals surface area (Å²) in [6, 6.07) is 13.1. The Hall–Kier alpha value is -3.12. The molecule has 3 aromatic rings. The van der Waals surface area contributed by atoms with Crippen molar-refractivity contribution in [1.82, 2.24) is 4.98 Å². The van der Waals surface area contributed by atoms with Gasteiger partial charge in [0.15, 0.2) is 0 Å². The molecule has 0 atom stereocenters. The maximum atomic E-state index is 11.9. The molecule has 0 unspecified atom stereocenters. The Morgan fingerprint density at radius 2 is 1.93 bits per heavy atom. The molecule has 1 heterocycles. The van der Waals surface area contributed by atoms with Crippen molar-refractivity contribution in [1.29, 1.82) is 0 Å². The Kier molecular flexibility index (Phi) is 6.67. The summed E-state index contributed by atoms with van der Waals surface area (Å²) in [4.78, 5) is 21.3. The molecule has 0 spiro atoms. The van der Waals surface area contributed by atoms with Crippen LogP contribution in [0, 0.1) is 13.8 Å². The highest BCUT2D eigenvalue weighted by Gasteiger charge is 2.11. The van der Waals surface area contributed by atoms with Crippen molar-refractivity contribution in [3.8, 4) is 5.75 Å². The second-order valence-corrected chi connectivity index (χ2v) is 6.82. The zero-order chi connectivity index (χ0) is 20.8. The zero-order valence-corrected chi connectivity index (χ0v) is 17.2. The molecule has 0 saturated carbocycles. The fraction of sp³-hybridized carbons (Fsp3) is 0.227. The third kappa shape index (κ3) is 5.23. The molecule has 3 rings (SSSR count). The molecule has 1 aromatic heterocycles. The molecule has 0 aliphatic heterocycles. The van der Waals surface area contributed by atoms with E-state index in [1.165, 1.54) is 6.21 Å². The van der Waals surface area contributed by atoms with Gasteiger partial charge in [-0.25, -0.2) is 9.78 Å². The topological polar surface area (TPSA) is 70.0 Å². The molecule has 0 amide bonds. The summed E-state index contributed by atoms with van der Waals surface area (Å²) in [6.07, 6.45) is 1.50. The lowest BCUT2D eigenvalue weighted by atomic mass is 10.0. The van der Waals surface area contributed by atoms with Crippen molar-refractivity contribution >= 4 is 34.7 Å². The van der Waals surface area contributed by atoms with Crippen molar-refractivity contribution in [2.75, 3.05) is 13.7 Å². The van der Waals surface area contributed by atoms with E-state index in [0.717, 1.165) is 33.3 Å². The number of rotatable bonds is 7. The van der Waals surface area contributed by atoms with Gasteiger partial charge in [-0.2, -0.15) is 0 Å². The van der Waals surface area contributed by atoms with Crippen molar-refractivity contribution < 1.29 is 19.1 Å². The fourth-order valence-corrected chi connectivity index (χ4v) is 2.88. The number of fused-ring (bicyclic) bond motifs is 1. The summed E-state index contributed by atoms with van der Waals surface area (Å²) in [5, 5.41) is 5.03. The lowest BCUT2D eigenvalue weighted by Gasteiger charge is -2.10. The van der Waals surface area contributed by atoms with Crippen molar-refractivity contribution in [2.45, 2.75) is 20.5 Å². The van der Waals surface area contributed by atoms with E-state index in [2.05, 4.69) is 10.1 Å². The molecule has 2 aromatic carbocycles. The number of benzene rings is 2. The number of hydrogen-bond acceptors (Lipinski definition) is 6. The van der Waals surface area contributed by atoms with Crippen LogP contribution in [0.2, 0.25) is 5.15 Å². The van der Waals surface area contributed by atoms with Crippen LogP contribution in [0.25, 0.3) is 10.9 Å². The standard InChI is InChI=1S/C22H21ClN2O4/c1-14-4-7-17-10-18(22(23)25-21(17)15(14)2)12-28-20(26)13-29-24-11-16-5-8-19(27-3)9-6-16/h4-11H,12-13H2,1-3H3/b24-11-. The highest BCUT2D eigenvalue weighted by atomic mass is 35.5. The minimum absolute atomic E-state index is 0.0130. The summed E-state index contributed by atoms with van der Waals surface area (Å²) in [5.41, 5.74) is 4.53. The molecule has 0 aliphatic rings. The van der Waals surface area contributed by atoms with Crippen molar-refractivity contribution in [3.05, 3.63) is 69.9 Å².